The average Bonchev–Trinajstić information content (AvgIpc) is 3.19. The first-order valence-corrected chi connectivity index (χ1v) is 21.0. The summed E-state index contributed by atoms with van der Waals surface area (Å²) in [5.74, 6) is -2.88. The van der Waals surface area contributed by atoms with Gasteiger partial charge in [-0.3, -0.25) is 38.4 Å². The zero-order valence-corrected chi connectivity index (χ0v) is 38.7. The molecule has 0 heterocycles. The average molecular weight is 854 g/mol. The lowest BCUT2D eigenvalue weighted by Gasteiger charge is -2.40. The molecule has 0 bridgehead atoms. The van der Waals surface area contributed by atoms with Gasteiger partial charge in [0.05, 0.1) is 32.2 Å². The fourth-order valence-corrected chi connectivity index (χ4v) is 7.39. The summed E-state index contributed by atoms with van der Waals surface area (Å²) in [7, 11) is 12.5. The van der Waals surface area contributed by atoms with Crippen LogP contribution in [0.2, 0.25) is 0 Å². The van der Waals surface area contributed by atoms with Crippen molar-refractivity contribution in [1.82, 2.24) is 44.9 Å². The smallest absolute Gasteiger partial charge is 0.245 e. The molecule has 0 aliphatic heterocycles. The van der Waals surface area contributed by atoms with Crippen LogP contribution in [-0.2, 0) is 44.8 Å². The molecular formula is C44H71N9O8. The van der Waals surface area contributed by atoms with E-state index in [1.165, 1.54) is 66.8 Å². The van der Waals surface area contributed by atoms with Crippen molar-refractivity contribution in [3.8, 4) is 0 Å². The number of benzene rings is 1. The summed E-state index contributed by atoms with van der Waals surface area (Å²) in [6, 6.07) is 6.22. The lowest BCUT2D eigenvalue weighted by Crippen LogP contribution is -2.55. The molecule has 1 saturated carbocycles. The number of hydrogen-bond acceptors (Lipinski definition) is 9. The van der Waals surface area contributed by atoms with Gasteiger partial charge in [0.15, 0.2) is 0 Å². The van der Waals surface area contributed by atoms with Crippen molar-refractivity contribution < 1.29 is 38.4 Å². The second-order valence-electron chi connectivity index (χ2n) is 17.0. The van der Waals surface area contributed by atoms with Gasteiger partial charge in [0.1, 0.15) is 18.1 Å². The summed E-state index contributed by atoms with van der Waals surface area (Å²) < 4.78 is 0. The van der Waals surface area contributed by atoms with Crippen LogP contribution in [0.25, 0.3) is 0 Å². The maximum atomic E-state index is 14.0. The number of allylic oxidation sites excluding steroid dienone is 1. The van der Waals surface area contributed by atoms with Crippen molar-refractivity contribution >= 4 is 47.8 Å². The lowest BCUT2D eigenvalue weighted by molar-refractivity contribution is -0.150. The molecule has 1 aromatic carbocycles. The number of nitrogens with one attached hydrogen (secondary N) is 2. The minimum Gasteiger partial charge on any atom is -0.367 e. The van der Waals surface area contributed by atoms with Crippen LogP contribution in [0.5, 0.6) is 0 Å². The van der Waals surface area contributed by atoms with Crippen LogP contribution in [0, 0.1) is 11.8 Å². The molecule has 340 valence electrons. The molecule has 1 aliphatic carbocycles. The first-order chi connectivity index (χ1) is 28.6. The Morgan fingerprint density at radius 1 is 0.656 bits per heavy atom. The highest BCUT2D eigenvalue weighted by Gasteiger charge is 2.36. The minimum absolute atomic E-state index is 0.0896. The number of carbonyl (C=O) groups excluding carboxylic acids is 8. The highest BCUT2D eigenvalue weighted by Crippen LogP contribution is 2.34. The number of nitrogens with zero attached hydrogens (tertiary/aromatic N) is 7. The fourth-order valence-electron chi connectivity index (χ4n) is 7.39. The third-order valence-electron chi connectivity index (χ3n) is 11.4. The number of amides is 8. The van der Waals surface area contributed by atoms with Gasteiger partial charge in [0.25, 0.3) is 0 Å². The number of carbonyl (C=O) groups is 8. The standard InChI is InChI=1S/C44H71N9O8/c1-29(2)22-35(52(12)38(57)26-50(10)43(60)34(46-28-54)23-32-18-15-14-16-19-32)41(33-20-17-21-33)47(7)25-37(56)51(11)31(5)42(59)49(9)27-39(58)53(13)40(30(3)4)44(61)48(8)24-36(55)45-6/h14-16,18-19,28-31,34-35,40H,17,20-27H2,1-13H3,(H,45,55)(H,46,54)/t31-,34-,35?,40?/m0/s1. The van der Waals surface area contributed by atoms with E-state index in [0.717, 1.165) is 36.1 Å². The van der Waals surface area contributed by atoms with Gasteiger partial charge in [-0.25, -0.2) is 0 Å². The Hall–Kier alpha value is -5.48. The van der Waals surface area contributed by atoms with Gasteiger partial charge >= 0.3 is 0 Å². The molecule has 0 aromatic heterocycles. The van der Waals surface area contributed by atoms with Gasteiger partial charge in [-0.2, -0.15) is 0 Å². The molecule has 8 amide bonds. The van der Waals surface area contributed by atoms with Crippen LogP contribution < -0.4 is 10.6 Å². The summed E-state index contributed by atoms with van der Waals surface area (Å²) in [4.78, 5) is 115. The molecule has 2 N–H and O–H groups in total. The third-order valence-corrected chi connectivity index (χ3v) is 11.4. The Kier molecular flexibility index (Phi) is 20.4. The van der Waals surface area contributed by atoms with E-state index in [2.05, 4.69) is 24.5 Å². The molecule has 17 nitrogen and oxygen atoms in total. The third kappa shape index (κ3) is 14.6. The van der Waals surface area contributed by atoms with Crippen molar-refractivity contribution in [3.63, 3.8) is 0 Å². The van der Waals surface area contributed by atoms with Crippen molar-refractivity contribution in [1.29, 1.82) is 0 Å². The molecule has 17 heteroatoms. The quantitative estimate of drug-likeness (QED) is 0.152. The summed E-state index contributed by atoms with van der Waals surface area (Å²) >= 11 is 0. The maximum Gasteiger partial charge on any atom is 0.245 e. The summed E-state index contributed by atoms with van der Waals surface area (Å²) in [5.41, 5.74) is 2.86. The van der Waals surface area contributed by atoms with E-state index in [1.54, 1.807) is 39.8 Å². The van der Waals surface area contributed by atoms with Gasteiger partial charge in [0.2, 0.25) is 47.8 Å². The van der Waals surface area contributed by atoms with Crippen LogP contribution in [-0.4, -0.2) is 189 Å². The topological polar surface area (TPSA) is 183 Å². The Balaban J connectivity index is 2.20. The molecule has 1 aromatic rings. The van der Waals surface area contributed by atoms with Crippen LogP contribution in [0.3, 0.4) is 0 Å². The minimum atomic E-state index is -0.937. The monoisotopic (exact) mass is 854 g/mol. The van der Waals surface area contributed by atoms with Crippen molar-refractivity contribution in [2.24, 2.45) is 11.8 Å². The zero-order valence-electron chi connectivity index (χ0n) is 38.7. The normalized spacial score (nSPS) is 14.0. The zero-order chi connectivity index (χ0) is 46.3. The highest BCUT2D eigenvalue weighted by molar-refractivity contribution is 5.93. The molecule has 4 atom stereocenters. The highest BCUT2D eigenvalue weighted by atomic mass is 16.2. The SMILES string of the molecule is CNC(=O)CN(C)C(=O)C(C(C)C)N(C)C(=O)CN(C)C(=O)[C@H](C)N(C)C(=O)CN(C)C(=C1CCC1)C(CC(C)C)N(C)C(=O)CN(C)C(=O)[C@H](Cc1ccccc1)NC=O. The predicted molar refractivity (Wildman–Crippen MR) is 233 cm³/mol. The van der Waals surface area contributed by atoms with Crippen molar-refractivity contribution in [2.75, 3.05) is 82.6 Å². The molecule has 2 rings (SSSR count). The van der Waals surface area contributed by atoms with Crippen LogP contribution in [0.1, 0.15) is 65.9 Å². The second-order valence-corrected chi connectivity index (χ2v) is 17.0. The van der Waals surface area contributed by atoms with Crippen LogP contribution in [0.4, 0.5) is 0 Å². The van der Waals surface area contributed by atoms with Crippen LogP contribution >= 0.6 is 0 Å². The predicted octanol–water partition coefficient (Wildman–Crippen LogP) is 1.04. The second kappa shape index (κ2) is 24.1. The first kappa shape index (κ1) is 51.7. The Bertz CT molecular complexity index is 1730. The Morgan fingerprint density at radius 2 is 1.16 bits per heavy atom. The molecular weight excluding hydrogens is 783 g/mol. The van der Waals surface area contributed by atoms with E-state index >= 15 is 0 Å². The van der Waals surface area contributed by atoms with E-state index in [9.17, 15) is 38.4 Å². The van der Waals surface area contributed by atoms with Crippen LogP contribution in [0.15, 0.2) is 41.6 Å². The van der Waals surface area contributed by atoms with E-state index in [-0.39, 0.29) is 62.2 Å². The van der Waals surface area contributed by atoms with Gasteiger partial charge < -0.3 is 44.9 Å². The Labute approximate surface area is 362 Å². The van der Waals surface area contributed by atoms with Crippen molar-refractivity contribution in [2.45, 2.75) is 90.9 Å². The molecule has 2 unspecified atom stereocenters. The molecule has 0 radical (unpaired) electrons. The number of rotatable bonds is 23. The molecule has 61 heavy (non-hydrogen) atoms. The molecule has 0 saturated heterocycles. The van der Waals surface area contributed by atoms with Crippen molar-refractivity contribution in [3.05, 3.63) is 47.2 Å². The first-order valence-electron chi connectivity index (χ1n) is 21.0. The van der Waals surface area contributed by atoms with Gasteiger partial charge in [-0.1, -0.05) is 58.0 Å². The molecule has 1 fully saturated rings. The number of hydrogen-bond donors (Lipinski definition) is 2. The summed E-state index contributed by atoms with van der Waals surface area (Å²) in [5, 5.41) is 5.08. The number of likely N-dealkylation sites (N-methyl/N-ethyl adjacent to an activating group) is 8. The fraction of sp³-hybridized carbons (Fsp3) is 0.636. The lowest BCUT2D eigenvalue weighted by atomic mass is 9.85. The Morgan fingerprint density at radius 3 is 1.66 bits per heavy atom. The van der Waals surface area contributed by atoms with E-state index in [4.69, 9.17) is 0 Å². The van der Waals surface area contributed by atoms with E-state index < -0.39 is 47.8 Å². The largest absolute Gasteiger partial charge is 0.367 e. The molecule has 0 spiro atoms. The van der Waals surface area contributed by atoms with Gasteiger partial charge in [-0.15, -0.1) is 0 Å². The van der Waals surface area contributed by atoms with E-state index in [1.807, 2.05) is 35.2 Å². The van der Waals surface area contributed by atoms with Gasteiger partial charge in [-0.05, 0) is 55.6 Å². The maximum absolute atomic E-state index is 14.0. The summed E-state index contributed by atoms with van der Waals surface area (Å²) in [6.07, 6.45) is 3.94. The molecule has 1 aliphatic rings. The van der Waals surface area contributed by atoms with E-state index in [0.29, 0.717) is 12.8 Å². The van der Waals surface area contributed by atoms with Gasteiger partial charge in [0, 0.05) is 68.5 Å². The summed E-state index contributed by atoms with van der Waals surface area (Å²) in [6.45, 7) is 8.47.